The van der Waals surface area contributed by atoms with Crippen molar-refractivity contribution in [2.75, 3.05) is 13.2 Å². The Labute approximate surface area is 162 Å². The third kappa shape index (κ3) is 6.59. The zero-order chi connectivity index (χ0) is 19.8. The molecule has 27 heavy (non-hydrogen) atoms. The third-order valence-electron chi connectivity index (χ3n) is 3.20. The van der Waals surface area contributed by atoms with Crippen molar-refractivity contribution in [3.63, 3.8) is 0 Å². The molecule has 0 saturated carbocycles. The maximum Gasteiger partial charge on any atom is 0.276 e. The second-order valence-electron chi connectivity index (χ2n) is 5.36. The summed E-state index contributed by atoms with van der Waals surface area (Å²) in [5, 5.41) is 10.6. The van der Waals surface area contributed by atoms with Gasteiger partial charge in [-0.05, 0) is 52.7 Å². The lowest BCUT2D eigenvalue weighted by Crippen LogP contribution is -2.45. The molecule has 0 aliphatic heterocycles. The maximum absolute atomic E-state index is 11.7. The van der Waals surface area contributed by atoms with Gasteiger partial charge in [-0.15, -0.1) is 0 Å². The van der Waals surface area contributed by atoms with E-state index >= 15 is 0 Å². The van der Waals surface area contributed by atoms with Crippen LogP contribution in [0.5, 0.6) is 11.5 Å². The van der Waals surface area contributed by atoms with E-state index in [4.69, 9.17) is 9.47 Å². The first-order valence-corrected chi connectivity index (χ1v) is 8.48. The largest absolute Gasteiger partial charge is 0.484 e. The van der Waals surface area contributed by atoms with E-state index < -0.39 is 16.7 Å². The minimum atomic E-state index is -0.599. The van der Waals surface area contributed by atoms with Crippen LogP contribution in [0.25, 0.3) is 0 Å². The van der Waals surface area contributed by atoms with Gasteiger partial charge in [-0.1, -0.05) is 6.07 Å². The molecule has 9 nitrogen and oxygen atoms in total. The monoisotopic (exact) mass is 437 g/mol. The van der Waals surface area contributed by atoms with Gasteiger partial charge in [0.1, 0.15) is 11.5 Å². The number of nitrogens with zero attached hydrogens (tertiary/aromatic N) is 1. The summed E-state index contributed by atoms with van der Waals surface area (Å²) in [4.78, 5) is 33.4. The minimum absolute atomic E-state index is 0.0840. The molecule has 0 radical (unpaired) electrons. The molecule has 0 spiro atoms. The lowest BCUT2D eigenvalue weighted by molar-refractivity contribution is -0.384. The summed E-state index contributed by atoms with van der Waals surface area (Å²) in [5.41, 5.74) is 5.33. The van der Waals surface area contributed by atoms with E-state index in [0.717, 1.165) is 10.0 Å². The van der Waals surface area contributed by atoms with E-state index in [-0.39, 0.29) is 24.7 Å². The molecular formula is C17H16BrN3O6. The average Bonchev–Trinajstić information content (AvgIpc) is 2.64. The van der Waals surface area contributed by atoms with Crippen molar-refractivity contribution in [2.24, 2.45) is 0 Å². The lowest BCUT2D eigenvalue weighted by atomic mass is 10.2. The van der Waals surface area contributed by atoms with Crippen molar-refractivity contribution >= 4 is 33.4 Å². The fourth-order valence-corrected chi connectivity index (χ4v) is 2.50. The Morgan fingerprint density at radius 1 is 1.04 bits per heavy atom. The highest BCUT2D eigenvalue weighted by Crippen LogP contribution is 2.25. The number of amides is 2. The quantitative estimate of drug-likeness (QED) is 0.506. The highest BCUT2D eigenvalue weighted by atomic mass is 79.9. The molecule has 0 aliphatic carbocycles. The molecule has 2 N–H and O–H groups in total. The molecule has 0 bridgehead atoms. The fraction of sp³-hybridized carbons (Fsp3) is 0.176. The van der Waals surface area contributed by atoms with Crippen molar-refractivity contribution < 1.29 is 24.0 Å². The maximum atomic E-state index is 11.7. The Kier molecular flexibility index (Phi) is 7.12. The number of rotatable bonds is 7. The van der Waals surface area contributed by atoms with Crippen LogP contribution in [0.4, 0.5) is 5.69 Å². The Morgan fingerprint density at radius 2 is 1.63 bits per heavy atom. The van der Waals surface area contributed by atoms with Gasteiger partial charge < -0.3 is 9.47 Å². The summed E-state index contributed by atoms with van der Waals surface area (Å²) in [5.74, 6) is -0.359. The number of halogens is 1. The van der Waals surface area contributed by atoms with Crippen molar-refractivity contribution in [1.29, 1.82) is 0 Å². The van der Waals surface area contributed by atoms with E-state index in [2.05, 4.69) is 26.8 Å². The molecule has 0 fully saturated rings. The van der Waals surface area contributed by atoms with Gasteiger partial charge in [0, 0.05) is 12.1 Å². The summed E-state index contributed by atoms with van der Waals surface area (Å²) in [6.07, 6.45) is 0. The predicted octanol–water partition coefficient (Wildman–Crippen LogP) is 2.27. The fourth-order valence-electron chi connectivity index (χ4n) is 1.89. The van der Waals surface area contributed by atoms with Crippen LogP contribution in [0.1, 0.15) is 5.56 Å². The number of non-ortho nitro benzene ring substituents is 1. The summed E-state index contributed by atoms with van der Waals surface area (Å²) >= 11 is 3.33. The molecule has 2 aromatic carbocycles. The molecule has 0 saturated heterocycles. The second kappa shape index (κ2) is 9.53. The number of benzene rings is 2. The standard InChI is InChI=1S/C17H16BrN3O6/c1-11-2-7-15(14(18)8-11)27-10-17(23)20-19-16(22)9-26-13-5-3-12(4-6-13)21(24)25/h2-8H,9-10H2,1H3,(H,19,22)(H,20,23). The van der Waals surface area contributed by atoms with Crippen LogP contribution < -0.4 is 20.3 Å². The summed E-state index contributed by atoms with van der Waals surface area (Å²) in [6.45, 7) is 1.27. The molecule has 10 heteroatoms. The Hall–Kier alpha value is -3.14. The van der Waals surface area contributed by atoms with Crippen LogP contribution in [0.2, 0.25) is 0 Å². The summed E-state index contributed by atoms with van der Waals surface area (Å²) in [6, 6.07) is 10.7. The molecule has 2 aromatic rings. The number of hydrazine groups is 1. The van der Waals surface area contributed by atoms with E-state index in [1.807, 2.05) is 19.1 Å². The van der Waals surface area contributed by atoms with Gasteiger partial charge in [-0.3, -0.25) is 30.6 Å². The molecule has 0 aliphatic rings. The number of nitrogens with one attached hydrogen (secondary N) is 2. The van der Waals surface area contributed by atoms with Crippen molar-refractivity contribution in [3.8, 4) is 11.5 Å². The molecule has 142 valence electrons. The smallest absolute Gasteiger partial charge is 0.276 e. The Bertz CT molecular complexity index is 841. The molecule has 0 atom stereocenters. The van der Waals surface area contributed by atoms with Crippen LogP contribution in [0.3, 0.4) is 0 Å². The average molecular weight is 438 g/mol. The van der Waals surface area contributed by atoms with Crippen LogP contribution in [0, 0.1) is 17.0 Å². The predicted molar refractivity (Wildman–Crippen MR) is 99.3 cm³/mol. The van der Waals surface area contributed by atoms with Gasteiger partial charge in [0.15, 0.2) is 13.2 Å². The summed E-state index contributed by atoms with van der Waals surface area (Å²) in [7, 11) is 0. The Morgan fingerprint density at radius 3 is 2.19 bits per heavy atom. The second-order valence-corrected chi connectivity index (χ2v) is 6.21. The van der Waals surface area contributed by atoms with E-state index in [1.165, 1.54) is 24.3 Å². The number of nitro groups is 1. The number of aryl methyl sites for hydroxylation is 1. The van der Waals surface area contributed by atoms with Gasteiger partial charge in [0.2, 0.25) is 0 Å². The summed E-state index contributed by atoms with van der Waals surface area (Å²) < 4.78 is 11.2. The van der Waals surface area contributed by atoms with Gasteiger partial charge in [0.25, 0.3) is 17.5 Å². The SMILES string of the molecule is Cc1ccc(OCC(=O)NNC(=O)COc2ccc([N+](=O)[O-])cc2)c(Br)c1. The van der Waals surface area contributed by atoms with Gasteiger partial charge in [-0.2, -0.15) is 0 Å². The van der Waals surface area contributed by atoms with Crippen LogP contribution >= 0.6 is 15.9 Å². The molecular weight excluding hydrogens is 422 g/mol. The molecule has 2 rings (SSSR count). The normalized spacial score (nSPS) is 10.0. The molecule has 2 amide bonds. The Balaban J connectivity index is 1.70. The minimum Gasteiger partial charge on any atom is -0.484 e. The first-order chi connectivity index (χ1) is 12.8. The van der Waals surface area contributed by atoms with Gasteiger partial charge in [0.05, 0.1) is 9.40 Å². The van der Waals surface area contributed by atoms with Gasteiger partial charge in [-0.25, -0.2) is 0 Å². The first-order valence-electron chi connectivity index (χ1n) is 7.69. The van der Waals surface area contributed by atoms with Crippen LogP contribution in [0.15, 0.2) is 46.9 Å². The molecule has 0 unspecified atom stereocenters. The zero-order valence-corrected chi connectivity index (χ0v) is 15.8. The van der Waals surface area contributed by atoms with E-state index in [1.54, 1.807) is 6.07 Å². The van der Waals surface area contributed by atoms with Crippen molar-refractivity contribution in [2.45, 2.75) is 6.92 Å². The molecule has 0 heterocycles. The topological polar surface area (TPSA) is 120 Å². The van der Waals surface area contributed by atoms with Gasteiger partial charge >= 0.3 is 0 Å². The lowest BCUT2D eigenvalue weighted by Gasteiger charge is -2.10. The number of nitro benzene ring substituents is 1. The van der Waals surface area contributed by atoms with Crippen molar-refractivity contribution in [3.05, 3.63) is 62.6 Å². The van der Waals surface area contributed by atoms with E-state index in [9.17, 15) is 19.7 Å². The first kappa shape index (κ1) is 20.2. The third-order valence-corrected chi connectivity index (χ3v) is 3.82. The van der Waals surface area contributed by atoms with Crippen molar-refractivity contribution in [1.82, 2.24) is 10.9 Å². The number of hydrogen-bond donors (Lipinski definition) is 2. The zero-order valence-electron chi connectivity index (χ0n) is 14.2. The number of carbonyl (C=O) groups excluding carboxylic acids is 2. The number of ether oxygens (including phenoxy) is 2. The van der Waals surface area contributed by atoms with Crippen LogP contribution in [-0.2, 0) is 9.59 Å². The van der Waals surface area contributed by atoms with Crippen LogP contribution in [-0.4, -0.2) is 30.0 Å². The molecule has 0 aromatic heterocycles. The number of hydrogen-bond acceptors (Lipinski definition) is 6. The highest BCUT2D eigenvalue weighted by Gasteiger charge is 2.09. The van der Waals surface area contributed by atoms with E-state index in [0.29, 0.717) is 5.75 Å². The number of carbonyl (C=O) groups is 2. The highest BCUT2D eigenvalue weighted by molar-refractivity contribution is 9.10.